The number of hydrogen-bond acceptors (Lipinski definition) is 3. The SMILES string of the molecule is CCOc1ccc2c(c1)OC(=Cc1ccccc1Br)C2=O. The number of fused-ring (bicyclic) bond motifs is 1. The molecule has 0 spiro atoms. The number of hydrogen-bond donors (Lipinski definition) is 0. The minimum atomic E-state index is -0.108. The fourth-order valence-corrected chi connectivity index (χ4v) is 2.56. The van der Waals surface area contributed by atoms with E-state index < -0.39 is 0 Å². The second-order valence-corrected chi connectivity index (χ2v) is 5.41. The molecule has 1 heterocycles. The number of allylic oxidation sites excluding steroid dienone is 1. The first kappa shape index (κ1) is 13.9. The Morgan fingerprint density at radius 2 is 2.05 bits per heavy atom. The lowest BCUT2D eigenvalue weighted by Crippen LogP contribution is -1.98. The van der Waals surface area contributed by atoms with E-state index in [-0.39, 0.29) is 5.78 Å². The Kier molecular flexibility index (Phi) is 3.80. The Bertz CT molecular complexity index is 735. The van der Waals surface area contributed by atoms with Crippen LogP contribution in [0, 0.1) is 0 Å². The van der Waals surface area contributed by atoms with E-state index in [1.807, 2.05) is 31.2 Å². The monoisotopic (exact) mass is 344 g/mol. The maximum absolute atomic E-state index is 12.3. The van der Waals surface area contributed by atoms with Gasteiger partial charge in [-0.3, -0.25) is 4.79 Å². The van der Waals surface area contributed by atoms with Crippen LogP contribution in [-0.2, 0) is 0 Å². The molecule has 0 fully saturated rings. The van der Waals surface area contributed by atoms with Crippen molar-refractivity contribution < 1.29 is 14.3 Å². The van der Waals surface area contributed by atoms with Crippen molar-refractivity contribution in [1.29, 1.82) is 0 Å². The van der Waals surface area contributed by atoms with Crippen LogP contribution in [0.3, 0.4) is 0 Å². The number of ether oxygens (including phenoxy) is 2. The highest BCUT2D eigenvalue weighted by Crippen LogP contribution is 2.35. The van der Waals surface area contributed by atoms with E-state index in [0.717, 1.165) is 10.0 Å². The molecule has 0 unspecified atom stereocenters. The van der Waals surface area contributed by atoms with Crippen LogP contribution in [-0.4, -0.2) is 12.4 Å². The quantitative estimate of drug-likeness (QED) is 0.771. The van der Waals surface area contributed by atoms with Crippen LogP contribution < -0.4 is 9.47 Å². The first-order valence-electron chi connectivity index (χ1n) is 6.64. The minimum Gasteiger partial charge on any atom is -0.494 e. The van der Waals surface area contributed by atoms with Crippen molar-refractivity contribution in [2.45, 2.75) is 6.92 Å². The molecule has 2 aromatic rings. The van der Waals surface area contributed by atoms with Crippen LogP contribution in [0.25, 0.3) is 6.08 Å². The predicted octanol–water partition coefficient (Wildman–Crippen LogP) is 4.46. The van der Waals surface area contributed by atoms with Gasteiger partial charge in [0.25, 0.3) is 0 Å². The molecule has 21 heavy (non-hydrogen) atoms. The molecule has 0 N–H and O–H groups in total. The summed E-state index contributed by atoms with van der Waals surface area (Å²) in [7, 11) is 0. The molecule has 0 aliphatic carbocycles. The fraction of sp³-hybridized carbons (Fsp3) is 0.118. The number of carbonyl (C=O) groups is 1. The van der Waals surface area contributed by atoms with E-state index in [1.54, 1.807) is 24.3 Å². The standard InChI is InChI=1S/C17H13BrO3/c1-2-20-12-7-8-13-15(10-12)21-16(17(13)19)9-11-5-3-4-6-14(11)18/h3-10H,2H2,1H3. The molecule has 0 aromatic heterocycles. The molecule has 4 heteroatoms. The second-order valence-electron chi connectivity index (χ2n) is 4.55. The van der Waals surface area contributed by atoms with Crippen molar-refractivity contribution in [3.63, 3.8) is 0 Å². The summed E-state index contributed by atoms with van der Waals surface area (Å²) in [5.74, 6) is 1.46. The third-order valence-electron chi connectivity index (χ3n) is 3.14. The summed E-state index contributed by atoms with van der Waals surface area (Å²) in [6, 6.07) is 12.9. The zero-order chi connectivity index (χ0) is 14.8. The molecule has 3 rings (SSSR count). The molecule has 106 valence electrons. The third kappa shape index (κ3) is 2.72. The van der Waals surface area contributed by atoms with E-state index in [4.69, 9.17) is 9.47 Å². The molecule has 0 saturated heterocycles. The summed E-state index contributed by atoms with van der Waals surface area (Å²) in [5.41, 5.74) is 1.47. The molecule has 2 aromatic carbocycles. The highest BCUT2D eigenvalue weighted by atomic mass is 79.9. The summed E-state index contributed by atoms with van der Waals surface area (Å²) in [4.78, 5) is 12.3. The molecule has 0 saturated carbocycles. The predicted molar refractivity (Wildman–Crippen MR) is 84.7 cm³/mol. The van der Waals surface area contributed by atoms with Gasteiger partial charge < -0.3 is 9.47 Å². The molecule has 0 bridgehead atoms. The highest BCUT2D eigenvalue weighted by Gasteiger charge is 2.27. The van der Waals surface area contributed by atoms with Gasteiger partial charge in [0.2, 0.25) is 5.78 Å². The minimum absolute atomic E-state index is 0.108. The van der Waals surface area contributed by atoms with Crippen molar-refractivity contribution >= 4 is 27.8 Å². The molecule has 0 amide bonds. The van der Waals surface area contributed by atoms with Crippen molar-refractivity contribution in [2.75, 3.05) is 6.61 Å². The van der Waals surface area contributed by atoms with Gasteiger partial charge in [0.05, 0.1) is 12.2 Å². The zero-order valence-corrected chi connectivity index (χ0v) is 13.0. The van der Waals surface area contributed by atoms with Crippen LogP contribution in [0.5, 0.6) is 11.5 Å². The number of ketones is 1. The maximum atomic E-state index is 12.3. The summed E-state index contributed by atoms with van der Waals surface area (Å²) in [6.07, 6.45) is 1.74. The van der Waals surface area contributed by atoms with E-state index >= 15 is 0 Å². The Morgan fingerprint density at radius 3 is 2.81 bits per heavy atom. The van der Waals surface area contributed by atoms with Gasteiger partial charge >= 0.3 is 0 Å². The number of Topliss-reactive ketones (excluding diaryl/α,β-unsaturated/α-hetero) is 1. The van der Waals surface area contributed by atoms with E-state index in [9.17, 15) is 4.79 Å². The molecule has 0 radical (unpaired) electrons. The molecule has 3 nitrogen and oxygen atoms in total. The number of benzene rings is 2. The molecule has 1 aliphatic heterocycles. The largest absolute Gasteiger partial charge is 0.494 e. The second kappa shape index (κ2) is 5.74. The Morgan fingerprint density at radius 1 is 1.24 bits per heavy atom. The van der Waals surface area contributed by atoms with Gasteiger partial charge in [-0.25, -0.2) is 0 Å². The topological polar surface area (TPSA) is 35.5 Å². The lowest BCUT2D eigenvalue weighted by Gasteiger charge is -2.04. The average molecular weight is 345 g/mol. The summed E-state index contributed by atoms with van der Waals surface area (Å²) >= 11 is 3.46. The Labute approximate surface area is 131 Å². The summed E-state index contributed by atoms with van der Waals surface area (Å²) in [6.45, 7) is 2.49. The summed E-state index contributed by atoms with van der Waals surface area (Å²) in [5, 5.41) is 0. The van der Waals surface area contributed by atoms with E-state index in [0.29, 0.717) is 29.4 Å². The van der Waals surface area contributed by atoms with Crippen molar-refractivity contribution in [3.05, 3.63) is 63.8 Å². The molecule has 1 aliphatic rings. The van der Waals surface area contributed by atoms with Gasteiger partial charge in [-0.15, -0.1) is 0 Å². The number of carbonyl (C=O) groups excluding carboxylic acids is 1. The van der Waals surface area contributed by atoms with Gasteiger partial charge in [-0.2, -0.15) is 0 Å². The van der Waals surface area contributed by atoms with Crippen molar-refractivity contribution in [3.8, 4) is 11.5 Å². The average Bonchev–Trinajstić information content (AvgIpc) is 2.78. The van der Waals surface area contributed by atoms with E-state index in [1.165, 1.54) is 0 Å². The zero-order valence-electron chi connectivity index (χ0n) is 11.4. The first-order chi connectivity index (χ1) is 10.2. The first-order valence-corrected chi connectivity index (χ1v) is 7.44. The van der Waals surface area contributed by atoms with Crippen LogP contribution in [0.15, 0.2) is 52.7 Å². The maximum Gasteiger partial charge on any atom is 0.231 e. The lowest BCUT2D eigenvalue weighted by atomic mass is 10.1. The van der Waals surface area contributed by atoms with Gasteiger partial charge in [0.15, 0.2) is 5.76 Å². The Hall–Kier alpha value is -2.07. The number of rotatable bonds is 3. The third-order valence-corrected chi connectivity index (χ3v) is 3.87. The van der Waals surface area contributed by atoms with Crippen LogP contribution in [0.1, 0.15) is 22.8 Å². The number of halogens is 1. The van der Waals surface area contributed by atoms with Gasteiger partial charge in [0, 0.05) is 10.5 Å². The Balaban J connectivity index is 1.95. The highest BCUT2D eigenvalue weighted by molar-refractivity contribution is 9.10. The summed E-state index contributed by atoms with van der Waals surface area (Å²) < 4.78 is 12.0. The molecular formula is C17H13BrO3. The van der Waals surface area contributed by atoms with Gasteiger partial charge in [-0.05, 0) is 36.8 Å². The normalized spacial score (nSPS) is 15.0. The van der Waals surface area contributed by atoms with Crippen LogP contribution in [0.4, 0.5) is 0 Å². The smallest absolute Gasteiger partial charge is 0.231 e. The van der Waals surface area contributed by atoms with E-state index in [2.05, 4.69) is 15.9 Å². The van der Waals surface area contributed by atoms with Crippen molar-refractivity contribution in [1.82, 2.24) is 0 Å². The lowest BCUT2D eigenvalue weighted by molar-refractivity contribution is 0.101. The molecule has 0 atom stereocenters. The van der Waals surface area contributed by atoms with Crippen molar-refractivity contribution in [2.24, 2.45) is 0 Å². The molecular weight excluding hydrogens is 332 g/mol. The van der Waals surface area contributed by atoms with Gasteiger partial charge in [-0.1, -0.05) is 34.1 Å². The van der Waals surface area contributed by atoms with Crippen LogP contribution >= 0.6 is 15.9 Å². The van der Waals surface area contributed by atoms with Gasteiger partial charge in [0.1, 0.15) is 11.5 Å². The fourth-order valence-electron chi connectivity index (χ4n) is 2.16. The van der Waals surface area contributed by atoms with Crippen LogP contribution in [0.2, 0.25) is 0 Å².